The molecule has 0 fully saturated rings. The molecule has 0 unspecified atom stereocenters. The van der Waals surface area contributed by atoms with Crippen LogP contribution in [0.25, 0.3) is 88.6 Å². The molecule has 0 aliphatic heterocycles. The first-order chi connectivity index (χ1) is 28.2. The van der Waals surface area contributed by atoms with Crippen molar-refractivity contribution in [3.63, 3.8) is 0 Å². The van der Waals surface area contributed by atoms with Crippen LogP contribution in [0.2, 0.25) is 0 Å². The molecule has 0 radical (unpaired) electrons. The van der Waals surface area contributed by atoms with E-state index in [2.05, 4.69) is 169 Å². The SMILES string of the molecule is c1ccc(-c2ccc(N(c3ccc(-c4ccc5oc6ccc7nc(-c8ccccc8)oc7c6c5c4)cc3)c3cccc(-c4cccc5ccccc45)c3)cc2)cc1. The van der Waals surface area contributed by atoms with Gasteiger partial charge in [0.05, 0.1) is 5.39 Å². The molecule has 0 saturated heterocycles. The van der Waals surface area contributed by atoms with Gasteiger partial charge in [-0.2, -0.15) is 0 Å². The second kappa shape index (κ2) is 13.6. The van der Waals surface area contributed by atoms with Crippen molar-refractivity contribution in [2.24, 2.45) is 0 Å². The Balaban J connectivity index is 0.998. The molecular weight excluding hydrogens is 697 g/mol. The van der Waals surface area contributed by atoms with Crippen molar-refractivity contribution in [3.05, 3.63) is 206 Å². The normalized spacial score (nSPS) is 11.5. The summed E-state index contributed by atoms with van der Waals surface area (Å²) in [5.41, 5.74) is 14.3. The fourth-order valence-corrected chi connectivity index (χ4v) is 8.10. The maximum absolute atomic E-state index is 6.42. The van der Waals surface area contributed by atoms with Crippen LogP contribution in [0.4, 0.5) is 17.1 Å². The summed E-state index contributed by atoms with van der Waals surface area (Å²) in [5.74, 6) is 0.598. The molecule has 0 bridgehead atoms. The molecular formula is C53H34N2O2. The number of hydrogen-bond donors (Lipinski definition) is 0. The maximum Gasteiger partial charge on any atom is 0.227 e. The van der Waals surface area contributed by atoms with Crippen LogP contribution in [0.5, 0.6) is 0 Å². The van der Waals surface area contributed by atoms with E-state index in [1.807, 2.05) is 42.5 Å². The van der Waals surface area contributed by atoms with E-state index in [1.54, 1.807) is 0 Å². The summed E-state index contributed by atoms with van der Waals surface area (Å²) in [6.45, 7) is 0. The average molecular weight is 731 g/mol. The number of benzene rings is 9. The first kappa shape index (κ1) is 32.7. The summed E-state index contributed by atoms with van der Waals surface area (Å²) in [7, 11) is 0. The summed E-state index contributed by atoms with van der Waals surface area (Å²) in [5, 5.41) is 4.40. The van der Waals surface area contributed by atoms with E-state index >= 15 is 0 Å². The number of fused-ring (bicyclic) bond motifs is 6. The Morgan fingerprint density at radius 2 is 0.965 bits per heavy atom. The Hall–Kier alpha value is -7.69. The largest absolute Gasteiger partial charge is 0.456 e. The van der Waals surface area contributed by atoms with Crippen LogP contribution in [-0.4, -0.2) is 4.98 Å². The third kappa shape index (κ3) is 5.83. The predicted molar refractivity (Wildman–Crippen MR) is 235 cm³/mol. The zero-order chi connectivity index (χ0) is 37.7. The van der Waals surface area contributed by atoms with Gasteiger partial charge in [-0.05, 0) is 117 Å². The van der Waals surface area contributed by atoms with Crippen molar-refractivity contribution in [2.75, 3.05) is 4.90 Å². The summed E-state index contributed by atoms with van der Waals surface area (Å²) >= 11 is 0. The molecule has 0 spiro atoms. The van der Waals surface area contributed by atoms with E-state index in [0.717, 1.165) is 66.8 Å². The van der Waals surface area contributed by atoms with Crippen molar-refractivity contribution in [2.45, 2.75) is 0 Å². The maximum atomic E-state index is 6.42. The molecule has 0 saturated carbocycles. The Bertz CT molecular complexity index is 3210. The molecule has 2 heterocycles. The molecule has 0 aliphatic carbocycles. The number of oxazole rings is 1. The number of anilines is 3. The topological polar surface area (TPSA) is 42.4 Å². The molecule has 11 rings (SSSR count). The monoisotopic (exact) mass is 730 g/mol. The summed E-state index contributed by atoms with van der Waals surface area (Å²) < 4.78 is 12.7. The Labute approximate surface area is 329 Å². The van der Waals surface area contributed by atoms with Crippen LogP contribution in [0.15, 0.2) is 215 Å². The van der Waals surface area contributed by atoms with Gasteiger partial charge >= 0.3 is 0 Å². The van der Waals surface area contributed by atoms with Crippen LogP contribution < -0.4 is 4.90 Å². The van der Waals surface area contributed by atoms with E-state index in [9.17, 15) is 0 Å². The molecule has 4 heteroatoms. The fourth-order valence-electron chi connectivity index (χ4n) is 8.10. The first-order valence-corrected chi connectivity index (χ1v) is 19.2. The van der Waals surface area contributed by atoms with Gasteiger partial charge in [-0.1, -0.05) is 133 Å². The average Bonchev–Trinajstić information content (AvgIpc) is 3.89. The Morgan fingerprint density at radius 3 is 1.74 bits per heavy atom. The van der Waals surface area contributed by atoms with E-state index < -0.39 is 0 Å². The van der Waals surface area contributed by atoms with Crippen molar-refractivity contribution >= 4 is 60.9 Å². The lowest BCUT2D eigenvalue weighted by molar-refractivity contribution is 0.622. The van der Waals surface area contributed by atoms with Crippen LogP contribution in [0.1, 0.15) is 0 Å². The minimum absolute atomic E-state index is 0.598. The number of hydrogen-bond acceptors (Lipinski definition) is 4. The van der Waals surface area contributed by atoms with Crippen molar-refractivity contribution in [3.8, 4) is 44.8 Å². The minimum atomic E-state index is 0.598. The van der Waals surface area contributed by atoms with Gasteiger partial charge in [-0.3, -0.25) is 0 Å². The molecule has 57 heavy (non-hydrogen) atoms. The van der Waals surface area contributed by atoms with Crippen molar-refractivity contribution in [1.82, 2.24) is 4.98 Å². The van der Waals surface area contributed by atoms with Crippen LogP contribution >= 0.6 is 0 Å². The van der Waals surface area contributed by atoms with E-state index in [1.165, 1.54) is 33.0 Å². The number of furan rings is 1. The van der Waals surface area contributed by atoms with Gasteiger partial charge in [0.1, 0.15) is 16.7 Å². The highest BCUT2D eigenvalue weighted by molar-refractivity contribution is 6.17. The summed E-state index contributed by atoms with van der Waals surface area (Å²) in [4.78, 5) is 7.16. The molecule has 0 N–H and O–H groups in total. The zero-order valence-corrected chi connectivity index (χ0v) is 30.8. The molecule has 268 valence electrons. The predicted octanol–water partition coefficient (Wildman–Crippen LogP) is 15.0. The summed E-state index contributed by atoms with van der Waals surface area (Å²) in [6, 6.07) is 72.5. The van der Waals surface area contributed by atoms with Gasteiger partial charge in [0, 0.05) is 28.0 Å². The number of aromatic nitrogens is 1. The Morgan fingerprint density at radius 1 is 0.368 bits per heavy atom. The third-order valence-corrected chi connectivity index (χ3v) is 10.9. The highest BCUT2D eigenvalue weighted by Gasteiger charge is 2.19. The molecule has 0 amide bonds. The highest BCUT2D eigenvalue weighted by Crippen LogP contribution is 2.41. The Kier molecular flexibility index (Phi) is 7.78. The molecule has 0 atom stereocenters. The van der Waals surface area contributed by atoms with E-state index in [-0.39, 0.29) is 0 Å². The van der Waals surface area contributed by atoms with Gasteiger partial charge < -0.3 is 13.7 Å². The molecule has 2 aromatic heterocycles. The highest BCUT2D eigenvalue weighted by atomic mass is 16.4. The molecule has 0 aliphatic rings. The van der Waals surface area contributed by atoms with E-state index in [0.29, 0.717) is 5.89 Å². The fraction of sp³-hybridized carbons (Fsp3) is 0. The lowest BCUT2D eigenvalue weighted by atomic mass is 9.97. The molecule has 4 nitrogen and oxygen atoms in total. The van der Waals surface area contributed by atoms with E-state index in [4.69, 9.17) is 13.8 Å². The van der Waals surface area contributed by atoms with Crippen LogP contribution in [-0.2, 0) is 0 Å². The standard InChI is InChI=1S/C53H34N2O2/c1-3-11-35(12-4-1)36-21-26-42(27-22-36)55(44-18-9-17-41(33-44)46-20-10-16-38-13-7-8-19-45(38)46)43-28-23-37(24-29-43)40-25-31-49-47(34-40)51-50(56-49)32-30-48-52(51)57-53(54-48)39-14-5-2-6-15-39/h1-34H. The van der Waals surface area contributed by atoms with Gasteiger partial charge in [0.2, 0.25) is 5.89 Å². The van der Waals surface area contributed by atoms with Crippen LogP contribution in [0, 0.1) is 0 Å². The third-order valence-electron chi connectivity index (χ3n) is 10.9. The summed E-state index contributed by atoms with van der Waals surface area (Å²) in [6.07, 6.45) is 0. The molecule has 11 aromatic rings. The quantitative estimate of drug-likeness (QED) is 0.164. The van der Waals surface area contributed by atoms with Gasteiger partial charge in [-0.25, -0.2) is 4.98 Å². The first-order valence-electron chi connectivity index (χ1n) is 19.2. The second-order valence-corrected chi connectivity index (χ2v) is 14.4. The van der Waals surface area contributed by atoms with Crippen molar-refractivity contribution < 1.29 is 8.83 Å². The second-order valence-electron chi connectivity index (χ2n) is 14.4. The van der Waals surface area contributed by atoms with Gasteiger partial charge in [-0.15, -0.1) is 0 Å². The van der Waals surface area contributed by atoms with Crippen molar-refractivity contribution in [1.29, 1.82) is 0 Å². The molecule has 9 aromatic carbocycles. The van der Waals surface area contributed by atoms with Crippen LogP contribution in [0.3, 0.4) is 0 Å². The lowest BCUT2D eigenvalue weighted by Crippen LogP contribution is -2.10. The number of nitrogens with zero attached hydrogens (tertiary/aromatic N) is 2. The minimum Gasteiger partial charge on any atom is -0.456 e. The van der Waals surface area contributed by atoms with Gasteiger partial charge in [0.25, 0.3) is 0 Å². The lowest BCUT2D eigenvalue weighted by Gasteiger charge is -2.26. The smallest absolute Gasteiger partial charge is 0.227 e. The number of rotatable bonds is 7. The van der Waals surface area contributed by atoms with Gasteiger partial charge in [0.15, 0.2) is 5.58 Å². The zero-order valence-electron chi connectivity index (χ0n) is 30.8.